The molecule has 0 spiro atoms. The van der Waals surface area contributed by atoms with Crippen molar-refractivity contribution in [1.29, 1.82) is 0 Å². The van der Waals surface area contributed by atoms with Crippen molar-refractivity contribution in [2.45, 2.75) is 77.6 Å². The molecule has 98 valence electrons. The van der Waals surface area contributed by atoms with E-state index in [1.807, 2.05) is 0 Å². The lowest BCUT2D eigenvalue weighted by molar-refractivity contribution is 0.0146. The van der Waals surface area contributed by atoms with E-state index in [9.17, 15) is 0 Å². The number of fused-ring (bicyclic) bond motifs is 2. The van der Waals surface area contributed by atoms with Crippen molar-refractivity contribution in [2.75, 3.05) is 0 Å². The third-order valence-corrected chi connectivity index (χ3v) is 6.27. The van der Waals surface area contributed by atoms with Gasteiger partial charge in [0.2, 0.25) is 0 Å². The Labute approximate surface area is 108 Å². The van der Waals surface area contributed by atoms with Gasteiger partial charge < -0.3 is 0 Å². The van der Waals surface area contributed by atoms with Crippen molar-refractivity contribution >= 4 is 0 Å². The van der Waals surface area contributed by atoms with Crippen LogP contribution >= 0.6 is 0 Å². The second-order valence-electron chi connectivity index (χ2n) is 7.18. The average molecular weight is 234 g/mol. The third kappa shape index (κ3) is 2.42. The highest BCUT2D eigenvalue weighted by molar-refractivity contribution is 4.92. The predicted molar refractivity (Wildman–Crippen MR) is 73.9 cm³/mol. The lowest BCUT2D eigenvalue weighted by atomic mass is 9.56. The maximum atomic E-state index is 2.38. The Morgan fingerprint density at radius 3 is 2.24 bits per heavy atom. The molecular formula is C17H30. The molecule has 0 nitrogen and oxygen atoms in total. The fraction of sp³-hybridized carbons (Fsp3) is 1.00. The molecule has 3 saturated carbocycles. The Morgan fingerprint density at radius 2 is 1.47 bits per heavy atom. The second-order valence-corrected chi connectivity index (χ2v) is 7.18. The minimum atomic E-state index is 1.11. The first-order valence-electron chi connectivity index (χ1n) is 8.38. The minimum absolute atomic E-state index is 1.11. The molecule has 0 aromatic heterocycles. The Kier molecular flexibility index (Phi) is 3.78. The molecule has 0 bridgehead atoms. The van der Waals surface area contributed by atoms with Gasteiger partial charge in [0.1, 0.15) is 0 Å². The molecule has 3 aliphatic rings. The molecule has 0 N–H and O–H groups in total. The summed E-state index contributed by atoms with van der Waals surface area (Å²) in [6.07, 6.45) is 17.1. The van der Waals surface area contributed by atoms with E-state index in [0.717, 1.165) is 29.6 Å². The SMILES string of the molecule is CCCC1CCCC2CC3CCCCC3CC12. The van der Waals surface area contributed by atoms with Crippen molar-refractivity contribution in [3.63, 3.8) is 0 Å². The molecule has 0 aliphatic heterocycles. The van der Waals surface area contributed by atoms with Crippen LogP contribution in [0.15, 0.2) is 0 Å². The number of rotatable bonds is 2. The first-order chi connectivity index (χ1) is 8.38. The largest absolute Gasteiger partial charge is 0.0654 e. The zero-order valence-electron chi connectivity index (χ0n) is 11.7. The van der Waals surface area contributed by atoms with Crippen LogP contribution in [-0.2, 0) is 0 Å². The Bertz CT molecular complexity index is 242. The summed E-state index contributed by atoms with van der Waals surface area (Å²) in [7, 11) is 0. The van der Waals surface area contributed by atoms with E-state index >= 15 is 0 Å². The van der Waals surface area contributed by atoms with Crippen LogP contribution in [0, 0.1) is 29.6 Å². The molecule has 0 aromatic carbocycles. The Hall–Kier alpha value is 0. The molecule has 17 heavy (non-hydrogen) atoms. The third-order valence-electron chi connectivity index (χ3n) is 6.27. The minimum Gasteiger partial charge on any atom is -0.0654 e. The van der Waals surface area contributed by atoms with Gasteiger partial charge in [-0.1, -0.05) is 64.7 Å². The normalized spacial score (nSPS) is 46.1. The number of hydrogen-bond donors (Lipinski definition) is 0. The molecule has 0 aromatic rings. The fourth-order valence-corrected chi connectivity index (χ4v) is 5.51. The maximum absolute atomic E-state index is 2.38. The highest BCUT2D eigenvalue weighted by Gasteiger charge is 2.42. The van der Waals surface area contributed by atoms with E-state index in [2.05, 4.69) is 6.92 Å². The molecule has 5 unspecified atom stereocenters. The summed E-state index contributed by atoms with van der Waals surface area (Å²) in [5, 5.41) is 0. The summed E-state index contributed by atoms with van der Waals surface area (Å²) in [5.74, 6) is 5.68. The van der Waals surface area contributed by atoms with Crippen LogP contribution < -0.4 is 0 Å². The highest BCUT2D eigenvalue weighted by atomic mass is 14.5. The van der Waals surface area contributed by atoms with Crippen molar-refractivity contribution in [1.82, 2.24) is 0 Å². The van der Waals surface area contributed by atoms with Gasteiger partial charge in [-0.15, -0.1) is 0 Å². The quantitative estimate of drug-likeness (QED) is 0.598. The van der Waals surface area contributed by atoms with Gasteiger partial charge in [-0.3, -0.25) is 0 Å². The molecule has 0 radical (unpaired) electrons. The average Bonchev–Trinajstić information content (AvgIpc) is 2.37. The fourth-order valence-electron chi connectivity index (χ4n) is 5.51. The Balaban J connectivity index is 1.68. The molecule has 0 saturated heterocycles. The Morgan fingerprint density at radius 1 is 0.765 bits per heavy atom. The summed E-state index contributed by atoms with van der Waals surface area (Å²) in [6, 6.07) is 0. The summed E-state index contributed by atoms with van der Waals surface area (Å²) >= 11 is 0. The van der Waals surface area contributed by atoms with Crippen LogP contribution in [0.5, 0.6) is 0 Å². The zero-order valence-corrected chi connectivity index (χ0v) is 11.7. The molecular weight excluding hydrogens is 204 g/mol. The monoisotopic (exact) mass is 234 g/mol. The topological polar surface area (TPSA) is 0 Å². The summed E-state index contributed by atoms with van der Waals surface area (Å²) in [5.41, 5.74) is 0. The molecule has 0 heteroatoms. The molecule has 5 atom stereocenters. The first-order valence-corrected chi connectivity index (χ1v) is 8.38. The smallest absolute Gasteiger partial charge is 0.0355 e. The van der Waals surface area contributed by atoms with Gasteiger partial charge in [-0.2, -0.15) is 0 Å². The van der Waals surface area contributed by atoms with E-state index in [1.54, 1.807) is 44.9 Å². The summed E-state index contributed by atoms with van der Waals surface area (Å²) < 4.78 is 0. The molecule has 0 amide bonds. The van der Waals surface area contributed by atoms with E-state index in [0.29, 0.717) is 0 Å². The van der Waals surface area contributed by atoms with E-state index < -0.39 is 0 Å². The van der Waals surface area contributed by atoms with E-state index in [-0.39, 0.29) is 0 Å². The van der Waals surface area contributed by atoms with Gasteiger partial charge in [0, 0.05) is 0 Å². The standard InChI is InChI=1S/C17H30/c1-2-6-13-9-5-10-16-11-14-7-3-4-8-15(14)12-17(13)16/h13-17H,2-12H2,1H3. The zero-order chi connectivity index (χ0) is 11.7. The van der Waals surface area contributed by atoms with Gasteiger partial charge in [-0.25, -0.2) is 0 Å². The molecule has 3 aliphatic carbocycles. The van der Waals surface area contributed by atoms with E-state index in [1.165, 1.54) is 25.7 Å². The van der Waals surface area contributed by atoms with Crippen LogP contribution in [0.25, 0.3) is 0 Å². The van der Waals surface area contributed by atoms with E-state index in [4.69, 9.17) is 0 Å². The van der Waals surface area contributed by atoms with Gasteiger partial charge in [0.25, 0.3) is 0 Å². The van der Waals surface area contributed by atoms with Crippen LogP contribution in [0.2, 0.25) is 0 Å². The van der Waals surface area contributed by atoms with Crippen LogP contribution in [-0.4, -0.2) is 0 Å². The van der Waals surface area contributed by atoms with Crippen molar-refractivity contribution in [3.05, 3.63) is 0 Å². The molecule has 3 rings (SSSR count). The highest BCUT2D eigenvalue weighted by Crippen LogP contribution is 2.52. The first kappa shape index (κ1) is 12.1. The maximum Gasteiger partial charge on any atom is -0.0355 e. The summed E-state index contributed by atoms with van der Waals surface area (Å²) in [6.45, 7) is 2.38. The molecule has 0 heterocycles. The van der Waals surface area contributed by atoms with Gasteiger partial charge in [-0.05, 0) is 42.4 Å². The second kappa shape index (κ2) is 5.33. The van der Waals surface area contributed by atoms with Crippen molar-refractivity contribution in [2.24, 2.45) is 29.6 Å². The van der Waals surface area contributed by atoms with Crippen molar-refractivity contribution < 1.29 is 0 Å². The van der Waals surface area contributed by atoms with Gasteiger partial charge in [0.05, 0.1) is 0 Å². The van der Waals surface area contributed by atoms with Crippen LogP contribution in [0.4, 0.5) is 0 Å². The number of hydrogen-bond acceptors (Lipinski definition) is 0. The van der Waals surface area contributed by atoms with Crippen LogP contribution in [0.3, 0.4) is 0 Å². The lowest BCUT2D eigenvalue weighted by Gasteiger charge is -2.49. The predicted octanol–water partition coefficient (Wildman–Crippen LogP) is 5.42. The lowest BCUT2D eigenvalue weighted by Crippen LogP contribution is -2.39. The van der Waals surface area contributed by atoms with Gasteiger partial charge >= 0.3 is 0 Å². The van der Waals surface area contributed by atoms with Crippen LogP contribution in [0.1, 0.15) is 77.6 Å². The molecule has 3 fully saturated rings. The van der Waals surface area contributed by atoms with Gasteiger partial charge in [0.15, 0.2) is 0 Å². The summed E-state index contributed by atoms with van der Waals surface area (Å²) in [4.78, 5) is 0. The van der Waals surface area contributed by atoms with Crippen molar-refractivity contribution in [3.8, 4) is 0 Å².